The van der Waals surface area contributed by atoms with E-state index in [-0.39, 0.29) is 12.5 Å². The van der Waals surface area contributed by atoms with Crippen molar-refractivity contribution in [2.45, 2.75) is 26.6 Å². The molecule has 6 heteroatoms. The smallest absolute Gasteiger partial charge is 0.273 e. The molecule has 1 fully saturated rings. The van der Waals surface area contributed by atoms with E-state index in [9.17, 15) is 4.79 Å². The standard InChI is InChI=1S/C22H24N2O4/c1-15-20(28-24-21(15)22(25)23-11-17-8-9-26-13-17)14-27-12-16-6-7-18-4-2-3-5-19(18)10-16/h2-7,10,17H,8-9,11-14H2,1H3,(H,23,25). The molecule has 1 unspecified atom stereocenters. The molecular formula is C22H24N2O4. The second-order valence-electron chi connectivity index (χ2n) is 7.19. The highest BCUT2D eigenvalue weighted by molar-refractivity contribution is 5.93. The number of carbonyl (C=O) groups is 1. The van der Waals surface area contributed by atoms with Gasteiger partial charge in [-0.2, -0.15) is 0 Å². The lowest BCUT2D eigenvalue weighted by molar-refractivity contribution is 0.0874. The number of nitrogens with zero attached hydrogens (tertiary/aromatic N) is 1. The van der Waals surface area contributed by atoms with Gasteiger partial charge in [0.15, 0.2) is 11.5 Å². The fourth-order valence-corrected chi connectivity index (χ4v) is 3.37. The van der Waals surface area contributed by atoms with Crippen molar-refractivity contribution in [3.05, 3.63) is 65.0 Å². The van der Waals surface area contributed by atoms with Gasteiger partial charge in [-0.3, -0.25) is 4.79 Å². The van der Waals surface area contributed by atoms with Crippen LogP contribution in [0.3, 0.4) is 0 Å². The summed E-state index contributed by atoms with van der Waals surface area (Å²) in [4.78, 5) is 12.3. The number of carbonyl (C=O) groups excluding carboxylic acids is 1. The zero-order chi connectivity index (χ0) is 19.3. The van der Waals surface area contributed by atoms with Crippen LogP contribution in [0.5, 0.6) is 0 Å². The van der Waals surface area contributed by atoms with Crippen LogP contribution < -0.4 is 5.32 Å². The largest absolute Gasteiger partial charge is 0.381 e. The maximum absolute atomic E-state index is 12.3. The third kappa shape index (κ3) is 4.24. The maximum Gasteiger partial charge on any atom is 0.273 e. The Balaban J connectivity index is 1.31. The molecule has 2 aromatic carbocycles. The van der Waals surface area contributed by atoms with Crippen molar-refractivity contribution in [3.63, 3.8) is 0 Å². The topological polar surface area (TPSA) is 73.6 Å². The van der Waals surface area contributed by atoms with Crippen LogP contribution in [0.25, 0.3) is 10.8 Å². The Labute approximate surface area is 163 Å². The fourth-order valence-electron chi connectivity index (χ4n) is 3.37. The molecule has 146 valence electrons. The predicted octanol–water partition coefficient (Wildman–Crippen LogP) is 3.62. The molecular weight excluding hydrogens is 356 g/mol. The van der Waals surface area contributed by atoms with E-state index in [1.165, 1.54) is 10.8 Å². The monoisotopic (exact) mass is 380 g/mol. The van der Waals surface area contributed by atoms with E-state index >= 15 is 0 Å². The molecule has 0 bridgehead atoms. The van der Waals surface area contributed by atoms with Crippen LogP contribution in [0.15, 0.2) is 47.0 Å². The summed E-state index contributed by atoms with van der Waals surface area (Å²) in [6.07, 6.45) is 0.978. The summed E-state index contributed by atoms with van der Waals surface area (Å²) in [5.74, 6) is 0.741. The molecule has 2 heterocycles. The third-order valence-corrected chi connectivity index (χ3v) is 5.13. The minimum atomic E-state index is -0.214. The zero-order valence-electron chi connectivity index (χ0n) is 15.9. The Kier molecular flexibility index (Phi) is 5.69. The van der Waals surface area contributed by atoms with Crippen LogP contribution >= 0.6 is 0 Å². The third-order valence-electron chi connectivity index (χ3n) is 5.13. The summed E-state index contributed by atoms with van der Waals surface area (Å²) in [5, 5.41) is 9.23. The average molecular weight is 380 g/mol. The number of fused-ring (bicyclic) bond motifs is 1. The normalized spacial score (nSPS) is 16.5. The molecule has 0 aliphatic carbocycles. The lowest BCUT2D eigenvalue weighted by Crippen LogP contribution is -2.30. The molecule has 1 aromatic heterocycles. The quantitative estimate of drug-likeness (QED) is 0.678. The van der Waals surface area contributed by atoms with Crippen LogP contribution in [0.1, 0.15) is 33.8 Å². The lowest BCUT2D eigenvalue weighted by atomic mass is 10.1. The van der Waals surface area contributed by atoms with E-state index in [2.05, 4.69) is 40.8 Å². The SMILES string of the molecule is Cc1c(C(=O)NCC2CCOC2)noc1COCc1ccc2ccccc2c1. The van der Waals surface area contributed by atoms with E-state index in [1.54, 1.807) is 0 Å². The zero-order valence-corrected chi connectivity index (χ0v) is 15.9. The molecule has 1 N–H and O–H groups in total. The van der Waals surface area contributed by atoms with E-state index in [4.69, 9.17) is 14.0 Å². The molecule has 3 aromatic rings. The number of hydrogen-bond acceptors (Lipinski definition) is 5. The summed E-state index contributed by atoms with van der Waals surface area (Å²) in [7, 11) is 0. The number of nitrogens with one attached hydrogen (secondary N) is 1. The summed E-state index contributed by atoms with van der Waals surface area (Å²) in [6, 6.07) is 14.5. The summed E-state index contributed by atoms with van der Waals surface area (Å²) in [6.45, 7) is 4.63. The number of aromatic nitrogens is 1. The minimum Gasteiger partial charge on any atom is -0.381 e. The second kappa shape index (κ2) is 8.54. The van der Waals surface area contributed by atoms with Crippen molar-refractivity contribution in [2.75, 3.05) is 19.8 Å². The maximum atomic E-state index is 12.3. The molecule has 1 aliphatic heterocycles. The van der Waals surface area contributed by atoms with E-state index in [0.29, 0.717) is 37.1 Å². The minimum absolute atomic E-state index is 0.214. The van der Waals surface area contributed by atoms with Crippen molar-refractivity contribution in [1.82, 2.24) is 10.5 Å². The van der Waals surface area contributed by atoms with Crippen molar-refractivity contribution < 1.29 is 18.8 Å². The molecule has 28 heavy (non-hydrogen) atoms. The summed E-state index contributed by atoms with van der Waals surface area (Å²) < 4.78 is 16.4. The van der Waals surface area contributed by atoms with Crippen LogP contribution in [0.4, 0.5) is 0 Å². The highest BCUT2D eigenvalue weighted by Gasteiger charge is 2.21. The van der Waals surface area contributed by atoms with E-state index in [1.807, 2.05) is 19.1 Å². The van der Waals surface area contributed by atoms with Crippen LogP contribution in [-0.4, -0.2) is 30.8 Å². The first-order valence-electron chi connectivity index (χ1n) is 9.57. The summed E-state index contributed by atoms with van der Waals surface area (Å²) >= 11 is 0. The Bertz CT molecular complexity index is 960. The highest BCUT2D eigenvalue weighted by Crippen LogP contribution is 2.18. The van der Waals surface area contributed by atoms with Gasteiger partial charge in [0, 0.05) is 24.6 Å². The molecule has 0 spiro atoms. The van der Waals surface area contributed by atoms with Gasteiger partial charge in [-0.15, -0.1) is 0 Å². The Morgan fingerprint density at radius 2 is 2.07 bits per heavy atom. The lowest BCUT2D eigenvalue weighted by Gasteiger charge is -2.08. The fraction of sp³-hybridized carbons (Fsp3) is 0.364. The molecule has 0 saturated carbocycles. The first-order chi connectivity index (χ1) is 13.7. The van der Waals surface area contributed by atoms with Gasteiger partial charge < -0.3 is 19.3 Å². The van der Waals surface area contributed by atoms with Crippen LogP contribution in [0.2, 0.25) is 0 Å². The Morgan fingerprint density at radius 3 is 2.89 bits per heavy atom. The van der Waals surface area contributed by atoms with Crippen molar-refractivity contribution in [2.24, 2.45) is 5.92 Å². The van der Waals surface area contributed by atoms with Crippen molar-refractivity contribution >= 4 is 16.7 Å². The highest BCUT2D eigenvalue weighted by atomic mass is 16.5. The molecule has 4 rings (SSSR count). The van der Waals surface area contributed by atoms with Gasteiger partial charge in [-0.25, -0.2) is 0 Å². The summed E-state index contributed by atoms with van der Waals surface area (Å²) in [5.41, 5.74) is 2.13. The first kappa shape index (κ1) is 18.7. The van der Waals surface area contributed by atoms with Gasteiger partial charge in [-0.05, 0) is 35.7 Å². The number of benzene rings is 2. The molecule has 6 nitrogen and oxygen atoms in total. The molecule has 1 atom stereocenters. The van der Waals surface area contributed by atoms with Crippen LogP contribution in [0, 0.1) is 12.8 Å². The van der Waals surface area contributed by atoms with Gasteiger partial charge in [-0.1, -0.05) is 41.6 Å². The number of ether oxygens (including phenoxy) is 2. The van der Waals surface area contributed by atoms with Crippen LogP contribution in [-0.2, 0) is 22.7 Å². The average Bonchev–Trinajstić information content (AvgIpc) is 3.36. The Morgan fingerprint density at radius 1 is 1.21 bits per heavy atom. The molecule has 1 aliphatic rings. The van der Waals surface area contributed by atoms with E-state index < -0.39 is 0 Å². The van der Waals surface area contributed by atoms with Gasteiger partial charge in [0.25, 0.3) is 5.91 Å². The van der Waals surface area contributed by atoms with Gasteiger partial charge >= 0.3 is 0 Å². The predicted molar refractivity (Wildman–Crippen MR) is 105 cm³/mol. The van der Waals surface area contributed by atoms with Crippen molar-refractivity contribution in [1.29, 1.82) is 0 Å². The number of hydrogen-bond donors (Lipinski definition) is 1. The van der Waals surface area contributed by atoms with Gasteiger partial charge in [0.2, 0.25) is 0 Å². The van der Waals surface area contributed by atoms with Crippen molar-refractivity contribution in [3.8, 4) is 0 Å². The molecule has 0 radical (unpaired) electrons. The van der Waals surface area contributed by atoms with Gasteiger partial charge in [0.05, 0.1) is 13.2 Å². The first-order valence-corrected chi connectivity index (χ1v) is 9.57. The second-order valence-corrected chi connectivity index (χ2v) is 7.19. The molecule has 1 saturated heterocycles. The molecule has 1 amide bonds. The number of rotatable bonds is 7. The van der Waals surface area contributed by atoms with E-state index in [0.717, 1.165) is 24.2 Å². The Hall–Kier alpha value is -2.70. The number of amides is 1. The van der Waals surface area contributed by atoms with Gasteiger partial charge in [0.1, 0.15) is 6.61 Å².